The van der Waals surface area contributed by atoms with Gasteiger partial charge in [-0.15, -0.1) is 21.5 Å². The van der Waals surface area contributed by atoms with Gasteiger partial charge in [-0.05, 0) is 24.6 Å². The third-order valence-corrected chi connectivity index (χ3v) is 7.24. The predicted octanol–water partition coefficient (Wildman–Crippen LogP) is 2.54. The summed E-state index contributed by atoms with van der Waals surface area (Å²) >= 11 is 4.87. The highest BCUT2D eigenvalue weighted by Gasteiger charge is 2.36. The monoisotopic (exact) mass is 576 g/mol. The number of carbonyl (C=O) groups is 1. The van der Waals surface area contributed by atoms with Crippen molar-refractivity contribution in [2.75, 3.05) is 32.9 Å². The van der Waals surface area contributed by atoms with Crippen molar-refractivity contribution >= 4 is 39.1 Å². The van der Waals surface area contributed by atoms with Crippen molar-refractivity contribution in [3.8, 4) is 0 Å². The summed E-state index contributed by atoms with van der Waals surface area (Å²) in [7, 11) is 0. The number of benzene rings is 1. The molecule has 14 heteroatoms. The van der Waals surface area contributed by atoms with Crippen LogP contribution in [0.1, 0.15) is 35.4 Å². The molecule has 4 heterocycles. The standard InChI is InChI=1S/C22H22BrFN8O3S/c1-2-35-22(33)17-15(10-32-6-7-34-11-16(32)19-28-30-31-29-19)26-20(21-25-5-8-36-21)27-18(17)13-4-3-12(24)9-14(13)23/h3-5,8-9,16,18H,2,6-7,10-11H2,1H3,(H,26,27)(H,28,29,30,31). The molecule has 0 radical (unpaired) electrons. The Morgan fingerprint density at radius 3 is 3.03 bits per heavy atom. The zero-order chi connectivity index (χ0) is 25.1. The number of hydrogen-bond donors (Lipinski definition) is 2. The van der Waals surface area contributed by atoms with Gasteiger partial charge in [-0.2, -0.15) is 5.21 Å². The molecule has 0 spiro atoms. The lowest BCUT2D eigenvalue weighted by Gasteiger charge is -2.36. The Labute approximate surface area is 217 Å². The third kappa shape index (κ3) is 5.07. The molecule has 2 aliphatic rings. The molecule has 188 valence electrons. The van der Waals surface area contributed by atoms with E-state index in [0.717, 1.165) is 0 Å². The van der Waals surface area contributed by atoms with Crippen LogP contribution in [0, 0.1) is 5.82 Å². The number of aliphatic imine (C=N–C) groups is 1. The Bertz CT molecular complexity index is 1280. The molecule has 2 aliphatic heterocycles. The second-order valence-electron chi connectivity index (χ2n) is 7.95. The van der Waals surface area contributed by atoms with Crippen molar-refractivity contribution in [3.05, 3.63) is 67.7 Å². The zero-order valence-corrected chi connectivity index (χ0v) is 21.6. The largest absolute Gasteiger partial charge is 0.463 e. The van der Waals surface area contributed by atoms with E-state index in [1.54, 1.807) is 19.2 Å². The first-order valence-corrected chi connectivity index (χ1v) is 12.9. The van der Waals surface area contributed by atoms with Crippen molar-refractivity contribution in [3.63, 3.8) is 0 Å². The number of thiazole rings is 1. The summed E-state index contributed by atoms with van der Waals surface area (Å²) in [6.45, 7) is 3.74. The summed E-state index contributed by atoms with van der Waals surface area (Å²) in [5.41, 5.74) is 1.57. The van der Waals surface area contributed by atoms with E-state index >= 15 is 0 Å². The molecule has 2 aromatic heterocycles. The molecule has 1 aromatic carbocycles. The van der Waals surface area contributed by atoms with Gasteiger partial charge in [0.1, 0.15) is 11.9 Å². The van der Waals surface area contributed by atoms with Gasteiger partial charge in [0.15, 0.2) is 16.7 Å². The summed E-state index contributed by atoms with van der Waals surface area (Å²) < 4.78 is 25.5. The predicted molar refractivity (Wildman–Crippen MR) is 132 cm³/mol. The van der Waals surface area contributed by atoms with Gasteiger partial charge in [-0.25, -0.2) is 14.2 Å². The van der Waals surface area contributed by atoms with Gasteiger partial charge >= 0.3 is 5.97 Å². The Morgan fingerprint density at radius 1 is 1.42 bits per heavy atom. The lowest BCUT2D eigenvalue weighted by Crippen LogP contribution is -2.45. The Kier molecular flexibility index (Phi) is 7.46. The van der Waals surface area contributed by atoms with Crippen LogP contribution >= 0.6 is 27.3 Å². The summed E-state index contributed by atoms with van der Waals surface area (Å²) in [6.07, 6.45) is 1.69. The van der Waals surface area contributed by atoms with E-state index in [9.17, 15) is 9.18 Å². The van der Waals surface area contributed by atoms with Gasteiger partial charge in [0.2, 0.25) is 0 Å². The van der Waals surface area contributed by atoms with Crippen LogP contribution in [0.4, 0.5) is 4.39 Å². The number of nitrogens with one attached hydrogen (secondary N) is 2. The van der Waals surface area contributed by atoms with Gasteiger partial charge in [0, 0.05) is 34.8 Å². The van der Waals surface area contributed by atoms with Crippen LogP contribution in [0.15, 0.2) is 50.5 Å². The van der Waals surface area contributed by atoms with E-state index in [0.29, 0.717) is 64.3 Å². The highest BCUT2D eigenvalue weighted by Crippen LogP contribution is 2.37. The van der Waals surface area contributed by atoms with Crippen LogP contribution in [-0.2, 0) is 14.3 Å². The fourth-order valence-electron chi connectivity index (χ4n) is 4.15. The van der Waals surface area contributed by atoms with Gasteiger partial charge in [-0.1, -0.05) is 27.2 Å². The summed E-state index contributed by atoms with van der Waals surface area (Å²) in [6, 6.07) is 3.29. The number of morpholine rings is 1. The maximum absolute atomic E-state index is 13.9. The lowest BCUT2D eigenvalue weighted by molar-refractivity contribution is -0.139. The third-order valence-electron chi connectivity index (χ3n) is 5.77. The quantitative estimate of drug-likeness (QED) is 0.407. The Hall–Kier alpha value is -3.07. The lowest BCUT2D eigenvalue weighted by atomic mass is 9.95. The van der Waals surface area contributed by atoms with E-state index in [1.807, 2.05) is 5.38 Å². The molecular weight excluding hydrogens is 555 g/mol. The fourth-order valence-corrected chi connectivity index (χ4v) is 5.30. The minimum Gasteiger partial charge on any atom is -0.463 e. The summed E-state index contributed by atoms with van der Waals surface area (Å²) in [4.78, 5) is 24.7. The van der Waals surface area contributed by atoms with Crippen LogP contribution in [-0.4, -0.2) is 75.2 Å². The first kappa shape index (κ1) is 24.6. The maximum atomic E-state index is 13.9. The Balaban J connectivity index is 1.60. The topological polar surface area (TPSA) is 131 Å². The molecule has 1 saturated heterocycles. The number of carbonyl (C=O) groups excluding carboxylic acids is 1. The van der Waals surface area contributed by atoms with Gasteiger partial charge < -0.3 is 14.8 Å². The second-order valence-corrected chi connectivity index (χ2v) is 9.70. The molecule has 0 saturated carbocycles. The average Bonchev–Trinajstić information content (AvgIpc) is 3.59. The number of H-pyrrole nitrogens is 1. The SMILES string of the molecule is CCOC(=O)C1=C(CN2CCOCC2c2nn[nH]n2)NC(c2nccs2)=NC1c1ccc(F)cc1Br. The van der Waals surface area contributed by atoms with Gasteiger partial charge in [0.25, 0.3) is 0 Å². The van der Waals surface area contributed by atoms with E-state index in [4.69, 9.17) is 14.5 Å². The maximum Gasteiger partial charge on any atom is 0.338 e. The number of halogens is 2. The minimum absolute atomic E-state index is 0.193. The molecule has 1 fully saturated rings. The molecule has 0 amide bonds. The van der Waals surface area contributed by atoms with Crippen molar-refractivity contribution in [2.24, 2.45) is 4.99 Å². The summed E-state index contributed by atoms with van der Waals surface area (Å²) in [5.74, 6) is 0.100. The second kappa shape index (κ2) is 10.9. The first-order valence-electron chi connectivity index (χ1n) is 11.2. The number of tetrazole rings is 1. The number of ether oxygens (including phenoxy) is 2. The van der Waals surface area contributed by atoms with Crippen molar-refractivity contribution in [1.29, 1.82) is 0 Å². The average molecular weight is 577 g/mol. The number of amidine groups is 1. The normalized spacial score (nSPS) is 20.7. The molecule has 36 heavy (non-hydrogen) atoms. The highest BCUT2D eigenvalue weighted by atomic mass is 79.9. The number of esters is 1. The van der Waals surface area contributed by atoms with E-state index < -0.39 is 17.8 Å². The van der Waals surface area contributed by atoms with Crippen LogP contribution in [0.3, 0.4) is 0 Å². The van der Waals surface area contributed by atoms with Gasteiger partial charge in [0.05, 0.1) is 31.4 Å². The fraction of sp³-hybridized carbons (Fsp3) is 0.364. The zero-order valence-electron chi connectivity index (χ0n) is 19.1. The van der Waals surface area contributed by atoms with Crippen LogP contribution in [0.2, 0.25) is 0 Å². The molecular formula is C22H22BrFN8O3S. The van der Waals surface area contributed by atoms with Crippen molar-refractivity contribution in [2.45, 2.75) is 19.0 Å². The van der Waals surface area contributed by atoms with Crippen LogP contribution < -0.4 is 5.32 Å². The van der Waals surface area contributed by atoms with Crippen molar-refractivity contribution in [1.82, 2.24) is 35.8 Å². The number of aromatic nitrogens is 5. The van der Waals surface area contributed by atoms with Crippen molar-refractivity contribution < 1.29 is 18.7 Å². The molecule has 0 aliphatic carbocycles. The van der Waals surface area contributed by atoms with E-state index in [1.165, 1.54) is 23.5 Å². The first-order chi connectivity index (χ1) is 17.5. The molecule has 2 N–H and O–H groups in total. The molecule has 3 aromatic rings. The van der Waals surface area contributed by atoms with Crippen LogP contribution in [0.5, 0.6) is 0 Å². The number of nitrogens with zero attached hydrogens (tertiary/aromatic N) is 6. The smallest absolute Gasteiger partial charge is 0.338 e. The highest BCUT2D eigenvalue weighted by molar-refractivity contribution is 9.10. The van der Waals surface area contributed by atoms with E-state index in [-0.39, 0.29) is 12.6 Å². The number of hydrogen-bond acceptors (Lipinski definition) is 11. The Morgan fingerprint density at radius 2 is 2.31 bits per heavy atom. The number of aromatic amines is 1. The number of rotatable bonds is 7. The summed E-state index contributed by atoms with van der Waals surface area (Å²) in [5, 5.41) is 20.3. The molecule has 0 bridgehead atoms. The molecule has 11 nitrogen and oxygen atoms in total. The van der Waals surface area contributed by atoms with Gasteiger partial charge in [-0.3, -0.25) is 9.89 Å². The van der Waals surface area contributed by atoms with Crippen LogP contribution in [0.25, 0.3) is 0 Å². The molecule has 2 unspecified atom stereocenters. The minimum atomic E-state index is -0.751. The molecule has 2 atom stereocenters. The van der Waals surface area contributed by atoms with E-state index in [2.05, 4.69) is 51.8 Å². The molecule has 5 rings (SSSR count).